The fraction of sp³-hybridized carbons (Fsp3) is 0.750. The molecule has 1 fully saturated rings. The molecule has 1 unspecified atom stereocenters. The van der Waals surface area contributed by atoms with Gasteiger partial charge in [0, 0.05) is 23.9 Å². The predicted molar refractivity (Wildman–Crippen MR) is 89.0 cm³/mol. The van der Waals surface area contributed by atoms with Crippen molar-refractivity contribution in [3.63, 3.8) is 0 Å². The average molecular weight is 325 g/mol. The normalized spacial score (nSPS) is 18.3. The summed E-state index contributed by atoms with van der Waals surface area (Å²) in [5.74, 6) is 0.317. The van der Waals surface area contributed by atoms with Gasteiger partial charge in [0.2, 0.25) is 0 Å². The third-order valence-electron chi connectivity index (χ3n) is 4.22. The second kappa shape index (κ2) is 6.96. The van der Waals surface area contributed by atoms with Gasteiger partial charge in [-0.15, -0.1) is 11.3 Å². The van der Waals surface area contributed by atoms with E-state index in [1.807, 2.05) is 11.8 Å². The first-order valence-electron chi connectivity index (χ1n) is 7.93. The van der Waals surface area contributed by atoms with Crippen molar-refractivity contribution >= 4 is 17.4 Å². The lowest BCUT2D eigenvalue weighted by Gasteiger charge is -2.33. The summed E-state index contributed by atoms with van der Waals surface area (Å²) in [7, 11) is 0. The number of likely N-dealkylation sites (tertiary alicyclic amines) is 1. The molecule has 22 heavy (non-hydrogen) atoms. The number of nitrogens with one attached hydrogen (secondary N) is 1. The number of aliphatic hydroxyl groups is 1. The molecule has 1 saturated heterocycles. The molecule has 0 bridgehead atoms. The Morgan fingerprint density at radius 1 is 1.50 bits per heavy atom. The predicted octanol–water partition coefficient (Wildman–Crippen LogP) is 2.74. The van der Waals surface area contributed by atoms with Crippen LogP contribution < -0.4 is 5.32 Å². The first-order valence-corrected chi connectivity index (χ1v) is 8.81. The van der Waals surface area contributed by atoms with E-state index in [0.717, 1.165) is 23.5 Å². The van der Waals surface area contributed by atoms with Crippen LogP contribution in [0.5, 0.6) is 0 Å². The van der Waals surface area contributed by atoms with Crippen LogP contribution in [-0.2, 0) is 12.0 Å². The Bertz CT molecular complexity index is 500. The standard InChI is InChI=1S/C16H27N3O2S/c1-11(20)12-5-7-19(8-6-12)15(21)17-9-14-18-13(10-22-14)16(2,3)4/h10-12,20H,5-9H2,1-4H3,(H,17,21). The number of piperidine rings is 1. The minimum absolute atomic E-state index is 0.0310. The van der Waals surface area contributed by atoms with Crippen LogP contribution in [0.4, 0.5) is 4.79 Å². The van der Waals surface area contributed by atoms with Crippen LogP contribution in [0.3, 0.4) is 0 Å². The van der Waals surface area contributed by atoms with Crippen molar-refractivity contribution in [1.82, 2.24) is 15.2 Å². The molecule has 1 aromatic heterocycles. The minimum atomic E-state index is -0.281. The number of hydrogen-bond donors (Lipinski definition) is 2. The van der Waals surface area contributed by atoms with E-state index in [0.29, 0.717) is 25.6 Å². The van der Waals surface area contributed by atoms with Crippen molar-refractivity contribution < 1.29 is 9.90 Å². The van der Waals surface area contributed by atoms with E-state index < -0.39 is 0 Å². The molecule has 6 heteroatoms. The van der Waals surface area contributed by atoms with Gasteiger partial charge in [0.25, 0.3) is 0 Å². The first-order chi connectivity index (χ1) is 10.3. The number of nitrogens with zero attached hydrogens (tertiary/aromatic N) is 2. The van der Waals surface area contributed by atoms with Gasteiger partial charge in [-0.2, -0.15) is 0 Å². The third kappa shape index (κ3) is 4.43. The summed E-state index contributed by atoms with van der Waals surface area (Å²) in [5.41, 5.74) is 1.11. The number of aromatic nitrogens is 1. The van der Waals surface area contributed by atoms with Crippen LogP contribution in [0.15, 0.2) is 5.38 Å². The maximum atomic E-state index is 12.2. The van der Waals surface area contributed by atoms with Crippen molar-refractivity contribution in [1.29, 1.82) is 0 Å². The van der Waals surface area contributed by atoms with E-state index in [2.05, 4.69) is 36.5 Å². The number of urea groups is 1. The van der Waals surface area contributed by atoms with Crippen LogP contribution >= 0.6 is 11.3 Å². The van der Waals surface area contributed by atoms with Crippen LogP contribution in [-0.4, -0.2) is 40.2 Å². The monoisotopic (exact) mass is 325 g/mol. The Kier molecular flexibility index (Phi) is 5.45. The molecule has 2 rings (SSSR count). The summed E-state index contributed by atoms with van der Waals surface area (Å²) in [6.45, 7) is 10.1. The van der Waals surface area contributed by atoms with Crippen LogP contribution in [0, 0.1) is 5.92 Å². The lowest BCUT2D eigenvalue weighted by atomic mass is 9.92. The van der Waals surface area contributed by atoms with E-state index in [9.17, 15) is 9.90 Å². The van der Waals surface area contributed by atoms with Crippen LogP contribution in [0.25, 0.3) is 0 Å². The van der Waals surface area contributed by atoms with Gasteiger partial charge in [-0.1, -0.05) is 20.8 Å². The lowest BCUT2D eigenvalue weighted by Crippen LogP contribution is -2.45. The zero-order chi connectivity index (χ0) is 16.3. The number of thiazole rings is 1. The summed E-state index contributed by atoms with van der Waals surface area (Å²) in [6, 6.07) is -0.0310. The number of carbonyl (C=O) groups is 1. The Morgan fingerprint density at radius 2 is 2.14 bits per heavy atom. The van der Waals surface area contributed by atoms with E-state index >= 15 is 0 Å². The zero-order valence-electron chi connectivity index (χ0n) is 13.9. The number of aliphatic hydroxyl groups excluding tert-OH is 1. The van der Waals surface area contributed by atoms with Gasteiger partial charge < -0.3 is 15.3 Å². The van der Waals surface area contributed by atoms with E-state index in [-0.39, 0.29) is 17.6 Å². The quantitative estimate of drug-likeness (QED) is 0.898. The van der Waals surface area contributed by atoms with Gasteiger partial charge >= 0.3 is 6.03 Å². The van der Waals surface area contributed by atoms with E-state index in [1.165, 1.54) is 0 Å². The maximum Gasteiger partial charge on any atom is 0.317 e. The first kappa shape index (κ1) is 17.2. The van der Waals surface area contributed by atoms with E-state index in [4.69, 9.17) is 0 Å². The Hall–Kier alpha value is -1.14. The number of rotatable bonds is 3. The van der Waals surface area contributed by atoms with E-state index in [1.54, 1.807) is 11.3 Å². The highest BCUT2D eigenvalue weighted by atomic mass is 32.1. The van der Waals surface area contributed by atoms with Gasteiger partial charge in [0.15, 0.2) is 0 Å². The molecule has 1 aliphatic rings. The molecule has 5 nitrogen and oxygen atoms in total. The van der Waals surface area contributed by atoms with Crippen molar-refractivity contribution in [3.8, 4) is 0 Å². The number of amides is 2. The molecule has 2 heterocycles. The highest BCUT2D eigenvalue weighted by molar-refractivity contribution is 7.09. The SMILES string of the molecule is CC(O)C1CCN(C(=O)NCc2nc(C(C)(C)C)cs2)CC1. The topological polar surface area (TPSA) is 65.5 Å². The molecule has 0 radical (unpaired) electrons. The second-order valence-electron chi connectivity index (χ2n) is 7.10. The highest BCUT2D eigenvalue weighted by Crippen LogP contribution is 2.24. The molecule has 1 aliphatic heterocycles. The summed E-state index contributed by atoms with van der Waals surface area (Å²) in [6.07, 6.45) is 1.46. The van der Waals surface area contributed by atoms with Gasteiger partial charge in [0.05, 0.1) is 18.3 Å². The molecule has 124 valence electrons. The highest BCUT2D eigenvalue weighted by Gasteiger charge is 2.25. The third-order valence-corrected chi connectivity index (χ3v) is 5.07. The van der Waals surface area contributed by atoms with Crippen LogP contribution in [0.2, 0.25) is 0 Å². The Balaban J connectivity index is 1.80. The Morgan fingerprint density at radius 3 is 2.64 bits per heavy atom. The smallest absolute Gasteiger partial charge is 0.317 e. The molecular weight excluding hydrogens is 298 g/mol. The summed E-state index contributed by atoms with van der Waals surface area (Å²) in [5, 5.41) is 15.6. The second-order valence-corrected chi connectivity index (χ2v) is 8.04. The van der Waals surface area contributed by atoms with Crippen molar-refractivity contribution in [2.45, 2.75) is 58.6 Å². The van der Waals surface area contributed by atoms with Crippen LogP contribution in [0.1, 0.15) is 51.2 Å². The van der Waals surface area contributed by atoms with Gasteiger partial charge in [0.1, 0.15) is 5.01 Å². The fourth-order valence-corrected chi connectivity index (χ4v) is 3.55. The van der Waals surface area contributed by atoms with Crippen molar-refractivity contribution in [3.05, 3.63) is 16.1 Å². The zero-order valence-corrected chi connectivity index (χ0v) is 14.7. The summed E-state index contributed by atoms with van der Waals surface area (Å²) < 4.78 is 0. The molecule has 1 atom stereocenters. The number of carbonyl (C=O) groups excluding carboxylic acids is 1. The average Bonchev–Trinajstić information content (AvgIpc) is 2.94. The van der Waals surface area contributed by atoms with Crippen molar-refractivity contribution in [2.75, 3.05) is 13.1 Å². The number of hydrogen-bond acceptors (Lipinski definition) is 4. The lowest BCUT2D eigenvalue weighted by molar-refractivity contribution is 0.0798. The van der Waals surface area contributed by atoms with Crippen molar-refractivity contribution in [2.24, 2.45) is 5.92 Å². The molecule has 0 spiro atoms. The maximum absolute atomic E-state index is 12.2. The molecule has 2 amide bonds. The van der Waals surface area contributed by atoms with Gasteiger partial charge in [-0.25, -0.2) is 9.78 Å². The largest absolute Gasteiger partial charge is 0.393 e. The molecule has 2 N–H and O–H groups in total. The Labute approximate surface area is 136 Å². The van der Waals surface area contributed by atoms with Gasteiger partial charge in [-0.05, 0) is 25.7 Å². The molecule has 1 aromatic rings. The molecule has 0 aromatic carbocycles. The minimum Gasteiger partial charge on any atom is -0.393 e. The fourth-order valence-electron chi connectivity index (χ4n) is 2.58. The summed E-state index contributed by atoms with van der Waals surface area (Å²) in [4.78, 5) is 18.6. The molecular formula is C16H27N3O2S. The van der Waals surface area contributed by atoms with Gasteiger partial charge in [-0.3, -0.25) is 0 Å². The summed E-state index contributed by atoms with van der Waals surface area (Å²) >= 11 is 1.59. The molecule has 0 saturated carbocycles. The molecule has 0 aliphatic carbocycles.